The number of benzene rings is 1. The van der Waals surface area contributed by atoms with Crippen LogP contribution in [0.1, 0.15) is 49.6 Å². The summed E-state index contributed by atoms with van der Waals surface area (Å²) in [7, 11) is -3.37. The summed E-state index contributed by atoms with van der Waals surface area (Å²) in [5, 5.41) is 18.8. The second kappa shape index (κ2) is 12.9. The first-order chi connectivity index (χ1) is 20.9. The Morgan fingerprint density at radius 1 is 1.16 bits per heavy atom. The fourth-order valence-corrected chi connectivity index (χ4v) is 7.19. The summed E-state index contributed by atoms with van der Waals surface area (Å²) in [5.41, 5.74) is 3.22. The van der Waals surface area contributed by atoms with E-state index in [1.54, 1.807) is 24.0 Å². The number of carbonyl (C=O) groups excluding carboxylic acids is 2. The number of aromatic nitrogens is 2. The van der Waals surface area contributed by atoms with E-state index >= 15 is 0 Å². The standard InChI is InChI=1S/C31H42N6O6S/c1-5-6-15-36-29(39)27(28(38)23-11-18-43-19-12-23)32-30(40)31(36)13-16-35(17-14-31)20-26-21(2)33-37(22(26)3)25-9-7-24(8-10-25)34-44(4,41)42/h7-10,23,27-28,34,38H,11-20H2,1-4H3,(H,32,40)/t27-,28-/m1/s1. The first-order valence-electron chi connectivity index (χ1n) is 15.1. The van der Waals surface area contributed by atoms with Crippen LogP contribution in [0, 0.1) is 31.6 Å². The van der Waals surface area contributed by atoms with E-state index in [1.165, 1.54) is 0 Å². The Morgan fingerprint density at radius 3 is 2.43 bits per heavy atom. The SMILES string of the molecule is CC#CCN1C(=O)[C@@H]([C@H](O)C2CCOCC2)NC(=O)C12CCN(Cc1c(C)nn(-c3ccc(NS(C)(=O)=O)cc3)c1C)CC2. The van der Waals surface area contributed by atoms with Crippen molar-refractivity contribution in [1.82, 2.24) is 24.9 Å². The van der Waals surface area contributed by atoms with Gasteiger partial charge >= 0.3 is 0 Å². The van der Waals surface area contributed by atoms with E-state index in [2.05, 4.69) is 26.8 Å². The van der Waals surface area contributed by atoms with Crippen LogP contribution in [0.4, 0.5) is 5.69 Å². The summed E-state index contributed by atoms with van der Waals surface area (Å²) in [6.45, 7) is 8.73. The molecule has 3 fully saturated rings. The van der Waals surface area contributed by atoms with Crippen molar-refractivity contribution in [2.45, 2.75) is 70.7 Å². The van der Waals surface area contributed by atoms with E-state index in [9.17, 15) is 23.1 Å². The third-order valence-corrected chi connectivity index (χ3v) is 9.79. The van der Waals surface area contributed by atoms with Crippen LogP contribution in [0.5, 0.6) is 0 Å². The molecule has 0 radical (unpaired) electrons. The van der Waals surface area contributed by atoms with Crippen LogP contribution in [-0.2, 0) is 30.9 Å². The molecule has 2 atom stereocenters. The molecule has 3 saturated heterocycles. The van der Waals surface area contributed by atoms with E-state index < -0.39 is 27.7 Å². The van der Waals surface area contributed by atoms with Gasteiger partial charge in [0.25, 0.3) is 0 Å². The first kappa shape index (κ1) is 32.0. The van der Waals surface area contributed by atoms with Crippen LogP contribution in [0.2, 0.25) is 0 Å². The van der Waals surface area contributed by atoms with Crippen molar-refractivity contribution < 1.29 is 27.9 Å². The summed E-state index contributed by atoms with van der Waals surface area (Å²) in [4.78, 5) is 31.5. The van der Waals surface area contributed by atoms with Gasteiger partial charge < -0.3 is 20.1 Å². The lowest BCUT2D eigenvalue weighted by atomic mass is 9.79. The van der Waals surface area contributed by atoms with Gasteiger partial charge in [-0.1, -0.05) is 5.92 Å². The highest BCUT2D eigenvalue weighted by molar-refractivity contribution is 7.92. The Labute approximate surface area is 259 Å². The van der Waals surface area contributed by atoms with Gasteiger partial charge in [0.2, 0.25) is 21.8 Å². The normalized spacial score (nSPS) is 21.9. The van der Waals surface area contributed by atoms with Crippen LogP contribution in [0.15, 0.2) is 24.3 Å². The molecule has 3 aliphatic rings. The maximum Gasteiger partial charge on any atom is 0.249 e. The van der Waals surface area contributed by atoms with Gasteiger partial charge in [0.05, 0.1) is 30.3 Å². The maximum absolute atomic E-state index is 13.8. The smallest absolute Gasteiger partial charge is 0.249 e. The lowest BCUT2D eigenvalue weighted by Gasteiger charge is -2.52. The zero-order valence-electron chi connectivity index (χ0n) is 25.8. The minimum atomic E-state index is -3.37. The molecule has 1 aromatic heterocycles. The van der Waals surface area contributed by atoms with Gasteiger partial charge in [-0.05, 0) is 76.6 Å². The van der Waals surface area contributed by atoms with Gasteiger partial charge in [-0.3, -0.25) is 19.2 Å². The van der Waals surface area contributed by atoms with Crippen molar-refractivity contribution >= 4 is 27.5 Å². The highest BCUT2D eigenvalue weighted by Crippen LogP contribution is 2.35. The van der Waals surface area contributed by atoms with E-state index in [1.807, 2.05) is 30.7 Å². The van der Waals surface area contributed by atoms with Crippen molar-refractivity contribution in [3.63, 3.8) is 0 Å². The maximum atomic E-state index is 13.8. The molecule has 1 aromatic carbocycles. The number of amides is 2. The molecular weight excluding hydrogens is 584 g/mol. The zero-order valence-corrected chi connectivity index (χ0v) is 26.6. The number of carbonyl (C=O) groups is 2. The van der Waals surface area contributed by atoms with Crippen molar-refractivity contribution in [3.8, 4) is 17.5 Å². The molecule has 0 aliphatic carbocycles. The number of aryl methyl sites for hydroxylation is 1. The molecule has 12 nitrogen and oxygen atoms in total. The van der Waals surface area contributed by atoms with E-state index in [0.29, 0.717) is 64.2 Å². The van der Waals surface area contributed by atoms with Gasteiger partial charge in [0, 0.05) is 49.8 Å². The fraction of sp³-hybridized carbons (Fsp3) is 0.581. The number of sulfonamides is 1. The van der Waals surface area contributed by atoms with Gasteiger partial charge in [-0.2, -0.15) is 5.10 Å². The zero-order chi connectivity index (χ0) is 31.6. The minimum absolute atomic E-state index is 0.109. The van der Waals surface area contributed by atoms with Gasteiger partial charge in [-0.15, -0.1) is 5.92 Å². The summed E-state index contributed by atoms with van der Waals surface area (Å²) in [6, 6.07) is 6.06. The second-order valence-electron chi connectivity index (χ2n) is 12.0. The number of hydrogen-bond donors (Lipinski definition) is 3. The molecule has 238 valence electrons. The summed E-state index contributed by atoms with van der Waals surface area (Å²) in [5.74, 6) is 5.25. The Bertz CT molecular complexity index is 1550. The Kier molecular flexibility index (Phi) is 9.36. The molecule has 13 heteroatoms. The number of aliphatic hydroxyl groups excluding tert-OH is 1. The molecule has 3 aliphatic heterocycles. The van der Waals surface area contributed by atoms with E-state index in [-0.39, 0.29) is 24.3 Å². The highest BCUT2D eigenvalue weighted by atomic mass is 32.2. The molecule has 5 rings (SSSR count). The quantitative estimate of drug-likeness (QED) is 0.372. The van der Waals surface area contributed by atoms with Crippen molar-refractivity contribution in [2.24, 2.45) is 5.92 Å². The van der Waals surface area contributed by atoms with Gasteiger partial charge in [0.1, 0.15) is 11.6 Å². The number of piperidine rings is 1. The number of ether oxygens (including phenoxy) is 1. The second-order valence-corrected chi connectivity index (χ2v) is 13.8. The monoisotopic (exact) mass is 626 g/mol. The van der Waals surface area contributed by atoms with Crippen molar-refractivity contribution in [3.05, 3.63) is 41.2 Å². The van der Waals surface area contributed by atoms with E-state index in [4.69, 9.17) is 9.84 Å². The first-order valence-corrected chi connectivity index (χ1v) is 17.0. The minimum Gasteiger partial charge on any atom is -0.390 e. The Morgan fingerprint density at radius 2 is 1.82 bits per heavy atom. The molecule has 44 heavy (non-hydrogen) atoms. The van der Waals surface area contributed by atoms with Gasteiger partial charge in [-0.25, -0.2) is 13.1 Å². The number of nitrogens with zero attached hydrogens (tertiary/aromatic N) is 4. The van der Waals surface area contributed by atoms with Crippen LogP contribution in [-0.4, -0.2) is 102 Å². The average molecular weight is 627 g/mol. The largest absolute Gasteiger partial charge is 0.390 e. The van der Waals surface area contributed by atoms with E-state index in [0.717, 1.165) is 28.9 Å². The third kappa shape index (κ3) is 6.49. The molecule has 4 heterocycles. The lowest BCUT2D eigenvalue weighted by molar-refractivity contribution is -0.165. The number of hydrogen-bond acceptors (Lipinski definition) is 8. The summed E-state index contributed by atoms with van der Waals surface area (Å²) in [6.07, 6.45) is 2.35. The number of aliphatic hydroxyl groups is 1. The summed E-state index contributed by atoms with van der Waals surface area (Å²) < 4.78 is 32.8. The molecule has 1 spiro atoms. The fourth-order valence-electron chi connectivity index (χ4n) is 6.63. The third-order valence-electron chi connectivity index (χ3n) is 9.18. The summed E-state index contributed by atoms with van der Waals surface area (Å²) >= 11 is 0. The molecule has 2 amide bonds. The number of likely N-dealkylation sites (tertiary alicyclic amines) is 1. The molecular formula is C31H42N6O6S. The molecule has 0 saturated carbocycles. The van der Waals surface area contributed by atoms with Crippen molar-refractivity contribution in [2.75, 3.05) is 43.8 Å². The van der Waals surface area contributed by atoms with Gasteiger partial charge in [0.15, 0.2) is 0 Å². The van der Waals surface area contributed by atoms with Crippen LogP contribution in [0.25, 0.3) is 5.69 Å². The lowest BCUT2D eigenvalue weighted by Crippen LogP contribution is -2.75. The predicted octanol–water partition coefficient (Wildman–Crippen LogP) is 1.33. The number of anilines is 1. The van der Waals surface area contributed by atoms with Crippen LogP contribution in [0.3, 0.4) is 0 Å². The average Bonchev–Trinajstić information content (AvgIpc) is 3.28. The van der Waals surface area contributed by atoms with Crippen LogP contribution < -0.4 is 10.0 Å². The predicted molar refractivity (Wildman–Crippen MR) is 165 cm³/mol. The number of piperazine rings is 1. The molecule has 0 bridgehead atoms. The Hall–Kier alpha value is -3.44. The topological polar surface area (TPSA) is 146 Å². The number of rotatable bonds is 8. The molecule has 2 aromatic rings. The van der Waals surface area contributed by atoms with Crippen molar-refractivity contribution in [1.29, 1.82) is 0 Å². The molecule has 0 unspecified atom stereocenters. The molecule has 3 N–H and O–H groups in total. The Balaban J connectivity index is 1.29. The van der Waals surface area contributed by atoms with Crippen LogP contribution >= 0.6 is 0 Å². The highest BCUT2D eigenvalue weighted by Gasteiger charge is 2.55. The number of nitrogens with one attached hydrogen (secondary N) is 2.